The summed E-state index contributed by atoms with van der Waals surface area (Å²) in [4.78, 5) is 1.36. The van der Waals surface area contributed by atoms with Crippen molar-refractivity contribution in [1.82, 2.24) is 4.72 Å². The number of hydrogen-bond acceptors (Lipinski definition) is 4. The Hall–Kier alpha value is -1.37. The molecule has 0 fully saturated rings. The summed E-state index contributed by atoms with van der Waals surface area (Å²) in [6, 6.07) is 8.58. The van der Waals surface area contributed by atoms with E-state index in [2.05, 4.69) is 4.72 Å². The monoisotopic (exact) mass is 310 g/mol. The summed E-state index contributed by atoms with van der Waals surface area (Å²) in [5.74, 6) is 0. The maximum Gasteiger partial charge on any atom is 0.240 e. The average Bonchev–Trinajstić information content (AvgIpc) is 2.84. The molecule has 108 valence electrons. The van der Waals surface area contributed by atoms with Gasteiger partial charge in [-0.2, -0.15) is 0 Å². The molecular weight excluding hydrogens is 292 g/mol. The number of sulfonamides is 1. The Kier molecular flexibility index (Phi) is 4.47. The Labute approximate surface area is 123 Å². The van der Waals surface area contributed by atoms with Gasteiger partial charge in [0.2, 0.25) is 10.0 Å². The minimum atomic E-state index is -3.53. The van der Waals surface area contributed by atoms with Crippen LogP contribution in [0.1, 0.15) is 17.4 Å². The van der Waals surface area contributed by atoms with Gasteiger partial charge in [0.15, 0.2) is 0 Å². The van der Waals surface area contributed by atoms with Crippen molar-refractivity contribution in [2.24, 2.45) is 0 Å². The van der Waals surface area contributed by atoms with Crippen LogP contribution in [0.5, 0.6) is 0 Å². The molecular formula is C14H18N2O2S2. The first kappa shape index (κ1) is 15.0. The van der Waals surface area contributed by atoms with Gasteiger partial charge in [0, 0.05) is 16.6 Å². The Morgan fingerprint density at radius 2 is 2.10 bits per heavy atom. The fourth-order valence-corrected chi connectivity index (χ4v) is 4.00. The number of nitrogens with one attached hydrogen (secondary N) is 1. The molecule has 0 spiro atoms. The van der Waals surface area contributed by atoms with Crippen LogP contribution in [0.25, 0.3) is 0 Å². The van der Waals surface area contributed by atoms with Crippen LogP contribution in [0.2, 0.25) is 0 Å². The van der Waals surface area contributed by atoms with Gasteiger partial charge in [0.05, 0.1) is 4.90 Å². The van der Waals surface area contributed by atoms with Crippen molar-refractivity contribution < 1.29 is 8.42 Å². The molecule has 1 aromatic carbocycles. The van der Waals surface area contributed by atoms with E-state index >= 15 is 0 Å². The Morgan fingerprint density at radius 1 is 1.35 bits per heavy atom. The number of thiophene rings is 1. The van der Waals surface area contributed by atoms with Crippen LogP contribution in [0.4, 0.5) is 5.69 Å². The summed E-state index contributed by atoms with van der Waals surface area (Å²) in [6.45, 7) is 3.70. The van der Waals surface area contributed by atoms with Gasteiger partial charge in [-0.15, -0.1) is 11.3 Å². The normalized spacial score (nSPS) is 13.3. The van der Waals surface area contributed by atoms with Gasteiger partial charge in [-0.3, -0.25) is 0 Å². The third-order valence-electron chi connectivity index (χ3n) is 3.00. The first-order valence-corrected chi connectivity index (χ1v) is 8.65. The molecule has 1 aromatic heterocycles. The standard InChI is InChI=1S/C14H18N2O2S2/c1-10-5-6-13(9-14(10)15)20(17,18)16-11(2)8-12-4-3-7-19-12/h3-7,9,11,16H,8,15H2,1-2H3. The van der Waals surface area contributed by atoms with Crippen molar-refractivity contribution in [3.8, 4) is 0 Å². The van der Waals surface area contributed by atoms with Crippen LogP contribution >= 0.6 is 11.3 Å². The van der Waals surface area contributed by atoms with E-state index in [1.807, 2.05) is 31.4 Å². The first-order chi connectivity index (χ1) is 9.38. The zero-order chi connectivity index (χ0) is 14.8. The summed E-state index contributed by atoms with van der Waals surface area (Å²) in [5, 5.41) is 1.98. The molecule has 2 aromatic rings. The lowest BCUT2D eigenvalue weighted by Gasteiger charge is -2.14. The lowest BCUT2D eigenvalue weighted by Crippen LogP contribution is -2.34. The van der Waals surface area contributed by atoms with Crippen molar-refractivity contribution in [3.05, 3.63) is 46.2 Å². The molecule has 4 nitrogen and oxygen atoms in total. The fraction of sp³-hybridized carbons (Fsp3) is 0.286. The SMILES string of the molecule is Cc1ccc(S(=O)(=O)NC(C)Cc2cccs2)cc1N. The molecule has 0 saturated carbocycles. The van der Waals surface area contributed by atoms with Crippen molar-refractivity contribution in [2.75, 3.05) is 5.73 Å². The van der Waals surface area contributed by atoms with Gasteiger partial charge < -0.3 is 5.73 Å². The van der Waals surface area contributed by atoms with E-state index in [9.17, 15) is 8.42 Å². The maximum absolute atomic E-state index is 12.3. The van der Waals surface area contributed by atoms with Gasteiger partial charge in [-0.25, -0.2) is 13.1 Å². The average molecular weight is 310 g/mol. The highest BCUT2D eigenvalue weighted by Gasteiger charge is 2.18. The van der Waals surface area contributed by atoms with Gasteiger partial charge in [0.1, 0.15) is 0 Å². The Bertz CT molecular complexity index is 679. The molecule has 1 atom stereocenters. The van der Waals surface area contributed by atoms with Crippen LogP contribution in [-0.4, -0.2) is 14.5 Å². The van der Waals surface area contributed by atoms with Crippen LogP contribution < -0.4 is 10.5 Å². The minimum Gasteiger partial charge on any atom is -0.398 e. The second-order valence-corrected chi connectivity index (χ2v) is 7.57. The molecule has 3 N–H and O–H groups in total. The molecule has 0 radical (unpaired) electrons. The lowest BCUT2D eigenvalue weighted by atomic mass is 10.2. The summed E-state index contributed by atoms with van der Waals surface area (Å²) < 4.78 is 27.2. The molecule has 2 rings (SSSR count). The molecule has 20 heavy (non-hydrogen) atoms. The quantitative estimate of drug-likeness (QED) is 0.834. The number of anilines is 1. The van der Waals surface area contributed by atoms with Crippen molar-refractivity contribution in [3.63, 3.8) is 0 Å². The number of hydrogen-bond donors (Lipinski definition) is 2. The zero-order valence-corrected chi connectivity index (χ0v) is 13.1. The summed E-state index contributed by atoms with van der Waals surface area (Å²) in [7, 11) is -3.53. The maximum atomic E-state index is 12.3. The number of nitrogen functional groups attached to an aromatic ring is 1. The smallest absolute Gasteiger partial charge is 0.240 e. The number of benzene rings is 1. The summed E-state index contributed by atoms with van der Waals surface area (Å²) in [6.07, 6.45) is 0.679. The zero-order valence-electron chi connectivity index (χ0n) is 11.5. The molecule has 1 unspecified atom stereocenters. The highest BCUT2D eigenvalue weighted by Crippen LogP contribution is 2.18. The number of aryl methyl sites for hydroxylation is 1. The first-order valence-electron chi connectivity index (χ1n) is 6.29. The highest BCUT2D eigenvalue weighted by atomic mass is 32.2. The second kappa shape index (κ2) is 5.95. The van der Waals surface area contributed by atoms with E-state index in [-0.39, 0.29) is 10.9 Å². The predicted molar refractivity (Wildman–Crippen MR) is 83.4 cm³/mol. The number of rotatable bonds is 5. The van der Waals surface area contributed by atoms with E-state index in [1.54, 1.807) is 23.5 Å². The minimum absolute atomic E-state index is 0.166. The van der Waals surface area contributed by atoms with Crippen LogP contribution in [0, 0.1) is 6.92 Å². The molecule has 0 saturated heterocycles. The summed E-state index contributed by atoms with van der Waals surface area (Å²) >= 11 is 1.62. The lowest BCUT2D eigenvalue weighted by molar-refractivity contribution is 0.561. The molecule has 0 aliphatic heterocycles. The second-order valence-electron chi connectivity index (χ2n) is 4.82. The third-order valence-corrected chi connectivity index (χ3v) is 5.49. The summed E-state index contributed by atoms with van der Waals surface area (Å²) in [5.41, 5.74) is 7.12. The topological polar surface area (TPSA) is 72.2 Å². The Morgan fingerprint density at radius 3 is 2.70 bits per heavy atom. The van der Waals surface area contributed by atoms with E-state index < -0.39 is 10.0 Å². The molecule has 0 aliphatic carbocycles. The van der Waals surface area contributed by atoms with E-state index in [0.717, 1.165) is 10.4 Å². The molecule has 0 bridgehead atoms. The fourth-order valence-electron chi connectivity index (χ4n) is 1.89. The van der Waals surface area contributed by atoms with Gasteiger partial charge >= 0.3 is 0 Å². The van der Waals surface area contributed by atoms with E-state index in [0.29, 0.717) is 12.1 Å². The van der Waals surface area contributed by atoms with E-state index in [4.69, 9.17) is 5.73 Å². The van der Waals surface area contributed by atoms with Gasteiger partial charge in [-0.05, 0) is 49.4 Å². The molecule has 6 heteroatoms. The largest absolute Gasteiger partial charge is 0.398 e. The Balaban J connectivity index is 2.12. The van der Waals surface area contributed by atoms with Crippen LogP contribution in [0.3, 0.4) is 0 Å². The number of nitrogens with two attached hydrogens (primary N) is 1. The molecule has 1 heterocycles. The van der Waals surface area contributed by atoms with Gasteiger partial charge in [0.25, 0.3) is 0 Å². The van der Waals surface area contributed by atoms with Crippen molar-refractivity contribution in [1.29, 1.82) is 0 Å². The van der Waals surface area contributed by atoms with Gasteiger partial charge in [-0.1, -0.05) is 12.1 Å². The van der Waals surface area contributed by atoms with Crippen molar-refractivity contribution in [2.45, 2.75) is 31.2 Å². The van der Waals surface area contributed by atoms with Crippen molar-refractivity contribution >= 4 is 27.0 Å². The highest BCUT2D eigenvalue weighted by molar-refractivity contribution is 7.89. The molecule has 0 aliphatic rings. The van der Waals surface area contributed by atoms with Crippen LogP contribution in [0.15, 0.2) is 40.6 Å². The van der Waals surface area contributed by atoms with E-state index in [1.165, 1.54) is 6.07 Å². The predicted octanol–water partition coefficient (Wildman–Crippen LogP) is 2.55. The third kappa shape index (κ3) is 3.59. The van der Waals surface area contributed by atoms with Crippen LogP contribution in [-0.2, 0) is 16.4 Å². The molecule has 0 amide bonds.